The predicted molar refractivity (Wildman–Crippen MR) is 64.4 cm³/mol. The van der Waals surface area contributed by atoms with Crippen molar-refractivity contribution < 1.29 is 14.8 Å². The molecule has 0 aliphatic carbocycles. The zero-order valence-electron chi connectivity index (χ0n) is 10.0. The number of nitro groups is 1. The van der Waals surface area contributed by atoms with Crippen molar-refractivity contribution in [2.75, 3.05) is 13.2 Å². The number of nitro benzene ring substituents is 1. The van der Waals surface area contributed by atoms with Crippen LogP contribution in [0.4, 0.5) is 5.69 Å². The molecule has 1 aromatic carbocycles. The Bertz CT molecular complexity index is 392. The van der Waals surface area contributed by atoms with Crippen LogP contribution >= 0.6 is 0 Å². The van der Waals surface area contributed by atoms with Gasteiger partial charge in [-0.05, 0) is 12.5 Å². The summed E-state index contributed by atoms with van der Waals surface area (Å²) in [7, 11) is 0. The van der Waals surface area contributed by atoms with E-state index in [4.69, 9.17) is 9.84 Å². The maximum absolute atomic E-state index is 11.1. The Labute approximate surface area is 100 Å². The summed E-state index contributed by atoms with van der Waals surface area (Å²) in [6.07, 6.45) is 0.789. The Morgan fingerprint density at radius 3 is 2.76 bits per heavy atom. The number of hydrogen-bond donors (Lipinski definition) is 1. The van der Waals surface area contributed by atoms with E-state index in [1.165, 1.54) is 0 Å². The van der Waals surface area contributed by atoms with E-state index in [9.17, 15) is 10.1 Å². The van der Waals surface area contributed by atoms with E-state index in [-0.39, 0.29) is 24.0 Å². The molecule has 94 valence electrons. The first-order valence-corrected chi connectivity index (χ1v) is 5.62. The zero-order valence-corrected chi connectivity index (χ0v) is 10.0. The summed E-state index contributed by atoms with van der Waals surface area (Å²) in [5.41, 5.74) is 0.466. The third-order valence-corrected chi connectivity index (χ3v) is 2.48. The molecule has 1 atom stereocenters. The Kier molecular flexibility index (Phi) is 4.90. The summed E-state index contributed by atoms with van der Waals surface area (Å²) in [6.45, 7) is 3.99. The molecule has 5 nitrogen and oxygen atoms in total. The van der Waals surface area contributed by atoms with Crippen LogP contribution in [0.15, 0.2) is 18.2 Å². The van der Waals surface area contributed by atoms with Crippen molar-refractivity contribution >= 4 is 5.69 Å². The van der Waals surface area contributed by atoms with Gasteiger partial charge in [-0.15, -0.1) is 0 Å². The van der Waals surface area contributed by atoms with E-state index < -0.39 is 4.92 Å². The largest absolute Gasteiger partial charge is 0.487 e. The van der Waals surface area contributed by atoms with Crippen LogP contribution in [0.1, 0.15) is 31.7 Å². The van der Waals surface area contributed by atoms with Crippen LogP contribution in [0.5, 0.6) is 5.75 Å². The fourth-order valence-electron chi connectivity index (χ4n) is 1.56. The molecule has 1 N–H and O–H groups in total. The number of aliphatic hydroxyl groups is 1. The molecule has 0 fully saturated rings. The monoisotopic (exact) mass is 239 g/mol. The molecule has 0 aromatic heterocycles. The van der Waals surface area contributed by atoms with Gasteiger partial charge in [0.05, 0.1) is 11.5 Å². The minimum atomic E-state index is -0.452. The molecule has 0 aliphatic rings. The molecule has 1 rings (SSSR count). The van der Waals surface area contributed by atoms with Gasteiger partial charge in [0, 0.05) is 18.1 Å². The number of aliphatic hydroxyl groups excluding tert-OH is 1. The summed E-state index contributed by atoms with van der Waals surface area (Å²) < 4.78 is 5.36. The van der Waals surface area contributed by atoms with Crippen molar-refractivity contribution in [3.8, 4) is 5.75 Å². The summed E-state index contributed by atoms with van der Waals surface area (Å²) in [5.74, 6) is -0.00442. The molecular formula is C12H17NO4. The van der Waals surface area contributed by atoms with E-state index >= 15 is 0 Å². The van der Waals surface area contributed by atoms with Gasteiger partial charge in [0.2, 0.25) is 0 Å². The second-order valence-corrected chi connectivity index (χ2v) is 3.88. The van der Waals surface area contributed by atoms with Crippen LogP contribution in [0.2, 0.25) is 0 Å². The SMILES string of the molecule is CCCOc1cccc(C(C)CO)c1[N+](=O)[O-]. The number of benzene rings is 1. The fraction of sp³-hybridized carbons (Fsp3) is 0.500. The number of para-hydroxylation sites is 1. The van der Waals surface area contributed by atoms with E-state index in [1.807, 2.05) is 6.92 Å². The highest BCUT2D eigenvalue weighted by atomic mass is 16.6. The molecule has 1 aromatic rings. The number of nitrogens with zero attached hydrogens (tertiary/aromatic N) is 1. The maximum Gasteiger partial charge on any atom is 0.314 e. The molecule has 0 bridgehead atoms. The number of hydrogen-bond acceptors (Lipinski definition) is 4. The lowest BCUT2D eigenvalue weighted by Gasteiger charge is -2.12. The number of ether oxygens (including phenoxy) is 1. The van der Waals surface area contributed by atoms with Crippen LogP contribution in [0, 0.1) is 10.1 Å². The van der Waals surface area contributed by atoms with Crippen molar-refractivity contribution in [1.29, 1.82) is 0 Å². The van der Waals surface area contributed by atoms with Gasteiger partial charge < -0.3 is 9.84 Å². The van der Waals surface area contributed by atoms with Crippen molar-refractivity contribution in [2.24, 2.45) is 0 Å². The normalized spacial score (nSPS) is 12.2. The van der Waals surface area contributed by atoms with Gasteiger partial charge in [-0.25, -0.2) is 0 Å². The molecule has 17 heavy (non-hydrogen) atoms. The van der Waals surface area contributed by atoms with Crippen LogP contribution in [-0.4, -0.2) is 23.2 Å². The lowest BCUT2D eigenvalue weighted by atomic mass is 10.00. The van der Waals surface area contributed by atoms with E-state index in [0.717, 1.165) is 6.42 Å². The van der Waals surface area contributed by atoms with Gasteiger partial charge >= 0.3 is 5.69 Å². The van der Waals surface area contributed by atoms with Crippen LogP contribution in [0.3, 0.4) is 0 Å². The lowest BCUT2D eigenvalue weighted by Crippen LogP contribution is -2.06. The second-order valence-electron chi connectivity index (χ2n) is 3.88. The maximum atomic E-state index is 11.1. The molecule has 0 spiro atoms. The first-order chi connectivity index (χ1) is 8.11. The Morgan fingerprint density at radius 2 is 2.24 bits per heavy atom. The Hall–Kier alpha value is -1.62. The van der Waals surface area contributed by atoms with E-state index in [0.29, 0.717) is 12.2 Å². The van der Waals surface area contributed by atoms with Crippen molar-refractivity contribution in [3.63, 3.8) is 0 Å². The number of rotatable bonds is 6. The molecule has 0 saturated carbocycles. The third kappa shape index (κ3) is 3.17. The summed E-state index contributed by atoms with van der Waals surface area (Å²) in [4.78, 5) is 10.6. The van der Waals surface area contributed by atoms with Crippen LogP contribution < -0.4 is 4.74 Å². The fourth-order valence-corrected chi connectivity index (χ4v) is 1.56. The molecule has 0 aliphatic heterocycles. The van der Waals surface area contributed by atoms with E-state index in [1.54, 1.807) is 25.1 Å². The predicted octanol–water partition coefficient (Wildman–Crippen LogP) is 2.48. The molecule has 0 heterocycles. The first-order valence-electron chi connectivity index (χ1n) is 5.62. The summed E-state index contributed by atoms with van der Waals surface area (Å²) >= 11 is 0. The minimum absolute atomic E-state index is 0.0394. The molecular weight excluding hydrogens is 222 g/mol. The van der Waals surface area contributed by atoms with Gasteiger partial charge in [-0.3, -0.25) is 10.1 Å². The van der Waals surface area contributed by atoms with E-state index in [2.05, 4.69) is 0 Å². The smallest absolute Gasteiger partial charge is 0.314 e. The van der Waals surface area contributed by atoms with Gasteiger partial charge in [-0.2, -0.15) is 0 Å². The second kappa shape index (κ2) is 6.20. The molecule has 0 radical (unpaired) electrons. The van der Waals surface area contributed by atoms with Gasteiger partial charge in [0.15, 0.2) is 5.75 Å². The minimum Gasteiger partial charge on any atom is -0.487 e. The average molecular weight is 239 g/mol. The zero-order chi connectivity index (χ0) is 12.8. The molecule has 1 unspecified atom stereocenters. The highest BCUT2D eigenvalue weighted by Crippen LogP contribution is 2.35. The highest BCUT2D eigenvalue weighted by molar-refractivity contribution is 5.54. The standard InChI is InChI=1S/C12H17NO4/c1-3-7-17-11-6-4-5-10(9(2)8-14)12(11)13(15)16/h4-6,9,14H,3,7-8H2,1-2H3. The van der Waals surface area contributed by atoms with Crippen LogP contribution in [0.25, 0.3) is 0 Å². The van der Waals surface area contributed by atoms with Gasteiger partial charge in [-0.1, -0.05) is 26.0 Å². The lowest BCUT2D eigenvalue weighted by molar-refractivity contribution is -0.386. The van der Waals surface area contributed by atoms with Gasteiger partial charge in [0.25, 0.3) is 0 Å². The van der Waals surface area contributed by atoms with Crippen molar-refractivity contribution in [3.05, 3.63) is 33.9 Å². The summed E-state index contributed by atoms with van der Waals surface area (Å²) in [6, 6.07) is 4.94. The molecule has 0 amide bonds. The topological polar surface area (TPSA) is 72.6 Å². The van der Waals surface area contributed by atoms with Crippen molar-refractivity contribution in [1.82, 2.24) is 0 Å². The average Bonchev–Trinajstić information content (AvgIpc) is 2.34. The third-order valence-electron chi connectivity index (χ3n) is 2.48. The van der Waals surface area contributed by atoms with Gasteiger partial charge in [0.1, 0.15) is 0 Å². The quantitative estimate of drug-likeness (QED) is 0.611. The van der Waals surface area contributed by atoms with Crippen LogP contribution in [-0.2, 0) is 0 Å². The highest BCUT2D eigenvalue weighted by Gasteiger charge is 2.23. The van der Waals surface area contributed by atoms with Crippen molar-refractivity contribution in [2.45, 2.75) is 26.2 Å². The Balaban J connectivity index is 3.17. The first kappa shape index (κ1) is 13.4. The summed E-state index contributed by atoms with van der Waals surface area (Å²) in [5, 5.41) is 20.2. The Morgan fingerprint density at radius 1 is 1.53 bits per heavy atom. The molecule has 5 heteroatoms. The molecule has 0 saturated heterocycles.